The minimum absolute atomic E-state index is 0.129. The van der Waals surface area contributed by atoms with Crippen LogP contribution in [0, 0.1) is 5.82 Å². The van der Waals surface area contributed by atoms with Crippen molar-refractivity contribution in [3.63, 3.8) is 0 Å². The largest absolute Gasteiger partial charge is 0.487 e. The maximum atomic E-state index is 13.1. The topological polar surface area (TPSA) is 121 Å². The first-order valence-electron chi connectivity index (χ1n) is 7.08. The van der Waals surface area contributed by atoms with Gasteiger partial charge in [0.1, 0.15) is 23.9 Å². The van der Waals surface area contributed by atoms with E-state index < -0.39 is 6.04 Å². The number of H-pyrrole nitrogens is 2. The first-order chi connectivity index (χ1) is 11.6. The van der Waals surface area contributed by atoms with E-state index in [1.807, 2.05) is 0 Å². The third kappa shape index (κ3) is 3.72. The van der Waals surface area contributed by atoms with E-state index in [-0.39, 0.29) is 24.0 Å². The van der Waals surface area contributed by atoms with Crippen LogP contribution in [-0.4, -0.2) is 36.7 Å². The third-order valence-electron chi connectivity index (χ3n) is 3.15. The lowest BCUT2D eigenvalue weighted by atomic mass is 10.3. The molecule has 3 N–H and O–H groups in total. The lowest BCUT2D eigenvalue weighted by molar-refractivity contribution is 0.0933. The van der Waals surface area contributed by atoms with E-state index in [9.17, 15) is 9.18 Å². The van der Waals surface area contributed by atoms with Crippen molar-refractivity contribution < 1.29 is 13.9 Å². The van der Waals surface area contributed by atoms with Gasteiger partial charge in [-0.25, -0.2) is 4.39 Å². The maximum Gasteiger partial charge on any atom is 0.272 e. The zero-order valence-corrected chi connectivity index (χ0v) is 12.7. The molecule has 1 aromatic carbocycles. The van der Waals surface area contributed by atoms with Gasteiger partial charge in [-0.3, -0.25) is 9.89 Å². The lowest BCUT2D eigenvalue weighted by Gasteiger charge is -2.07. The molecule has 2 heterocycles. The Morgan fingerprint density at radius 3 is 3.00 bits per heavy atom. The van der Waals surface area contributed by atoms with E-state index in [4.69, 9.17) is 4.74 Å². The van der Waals surface area contributed by atoms with Crippen molar-refractivity contribution in [2.45, 2.75) is 19.6 Å². The molecule has 1 amide bonds. The first kappa shape index (κ1) is 15.6. The fourth-order valence-corrected chi connectivity index (χ4v) is 1.96. The molecule has 124 valence electrons. The summed E-state index contributed by atoms with van der Waals surface area (Å²) in [4.78, 5) is 12.1. The Morgan fingerprint density at radius 2 is 2.25 bits per heavy atom. The maximum absolute atomic E-state index is 13.1. The molecule has 10 heteroatoms. The van der Waals surface area contributed by atoms with Crippen molar-refractivity contribution >= 4 is 5.91 Å². The number of benzene rings is 1. The molecule has 0 saturated heterocycles. The number of ether oxygens (including phenoxy) is 1. The number of amides is 1. The smallest absolute Gasteiger partial charge is 0.272 e. The van der Waals surface area contributed by atoms with Crippen LogP contribution in [0.25, 0.3) is 0 Å². The van der Waals surface area contributed by atoms with E-state index in [1.54, 1.807) is 25.1 Å². The Hall–Kier alpha value is -3.30. The number of tetrazole rings is 1. The van der Waals surface area contributed by atoms with E-state index in [1.165, 1.54) is 12.1 Å². The Morgan fingerprint density at radius 1 is 1.38 bits per heavy atom. The average molecular weight is 331 g/mol. The number of rotatable bonds is 6. The highest BCUT2D eigenvalue weighted by Gasteiger charge is 2.17. The molecule has 0 bridgehead atoms. The van der Waals surface area contributed by atoms with Crippen LogP contribution in [0.5, 0.6) is 5.75 Å². The van der Waals surface area contributed by atoms with Gasteiger partial charge in [0.2, 0.25) is 0 Å². The van der Waals surface area contributed by atoms with Crippen molar-refractivity contribution in [2.24, 2.45) is 0 Å². The number of hydrogen-bond acceptors (Lipinski definition) is 6. The molecule has 9 nitrogen and oxygen atoms in total. The van der Waals surface area contributed by atoms with Crippen molar-refractivity contribution in [1.29, 1.82) is 0 Å². The van der Waals surface area contributed by atoms with E-state index in [0.717, 1.165) is 0 Å². The average Bonchev–Trinajstić information content (AvgIpc) is 3.25. The van der Waals surface area contributed by atoms with Crippen molar-refractivity contribution in [3.8, 4) is 5.75 Å². The summed E-state index contributed by atoms with van der Waals surface area (Å²) >= 11 is 0. The van der Waals surface area contributed by atoms with Crippen LogP contribution in [0.4, 0.5) is 4.39 Å². The van der Waals surface area contributed by atoms with E-state index >= 15 is 0 Å². The fraction of sp³-hybridized carbons (Fsp3) is 0.214. The predicted molar refractivity (Wildman–Crippen MR) is 79.4 cm³/mol. The Kier molecular flexibility index (Phi) is 4.45. The van der Waals surface area contributed by atoms with Gasteiger partial charge in [0.15, 0.2) is 5.82 Å². The van der Waals surface area contributed by atoms with Gasteiger partial charge in [-0.2, -0.15) is 10.3 Å². The molecular formula is C14H14FN7O2. The summed E-state index contributed by atoms with van der Waals surface area (Å²) in [6, 6.07) is 6.93. The lowest BCUT2D eigenvalue weighted by Crippen LogP contribution is -2.27. The minimum atomic E-state index is -0.417. The number of carbonyl (C=O) groups is 1. The van der Waals surface area contributed by atoms with Crippen LogP contribution in [0.1, 0.15) is 35.0 Å². The summed E-state index contributed by atoms with van der Waals surface area (Å²) in [5.74, 6) is -0.0111. The second-order valence-corrected chi connectivity index (χ2v) is 4.99. The van der Waals surface area contributed by atoms with Gasteiger partial charge in [-0.05, 0) is 25.1 Å². The van der Waals surface area contributed by atoms with Crippen LogP contribution in [0.2, 0.25) is 0 Å². The number of hydrogen-bond donors (Lipinski definition) is 3. The molecule has 3 aromatic rings. The molecule has 0 saturated carbocycles. The van der Waals surface area contributed by atoms with Gasteiger partial charge in [0, 0.05) is 6.07 Å². The third-order valence-corrected chi connectivity index (χ3v) is 3.15. The van der Waals surface area contributed by atoms with Gasteiger partial charge in [0.05, 0.1) is 11.7 Å². The normalized spacial score (nSPS) is 11.9. The van der Waals surface area contributed by atoms with Gasteiger partial charge in [-0.1, -0.05) is 11.3 Å². The molecule has 0 aliphatic carbocycles. The highest BCUT2D eigenvalue weighted by atomic mass is 19.1. The molecule has 0 spiro atoms. The zero-order chi connectivity index (χ0) is 16.9. The van der Waals surface area contributed by atoms with Gasteiger partial charge in [-0.15, -0.1) is 10.2 Å². The first-order valence-corrected chi connectivity index (χ1v) is 7.08. The van der Waals surface area contributed by atoms with Crippen LogP contribution < -0.4 is 10.1 Å². The summed E-state index contributed by atoms with van der Waals surface area (Å²) in [5, 5.41) is 22.7. The summed E-state index contributed by atoms with van der Waals surface area (Å²) in [6.07, 6.45) is 0. The molecule has 0 aliphatic rings. The number of aromatic amines is 2. The number of nitrogens with zero attached hydrogens (tertiary/aromatic N) is 4. The van der Waals surface area contributed by atoms with Crippen LogP contribution in [-0.2, 0) is 6.61 Å². The molecular weight excluding hydrogens is 317 g/mol. The van der Waals surface area contributed by atoms with E-state index in [2.05, 4.69) is 36.1 Å². The molecule has 0 fully saturated rings. The van der Waals surface area contributed by atoms with Crippen LogP contribution in [0.3, 0.4) is 0 Å². The van der Waals surface area contributed by atoms with Crippen LogP contribution in [0.15, 0.2) is 30.3 Å². The molecule has 1 atom stereocenters. The van der Waals surface area contributed by atoms with Crippen molar-refractivity contribution in [1.82, 2.24) is 36.1 Å². The molecule has 2 aromatic heterocycles. The SMILES string of the molecule is CC(NC(=O)c1cc(COc2cccc(F)c2)[nH]n1)c1nn[nH]n1. The fourth-order valence-electron chi connectivity index (χ4n) is 1.96. The van der Waals surface area contributed by atoms with Crippen molar-refractivity contribution in [2.75, 3.05) is 0 Å². The minimum Gasteiger partial charge on any atom is -0.487 e. The summed E-state index contributed by atoms with van der Waals surface area (Å²) < 4.78 is 18.5. The Balaban J connectivity index is 1.57. The number of carbonyl (C=O) groups excluding carboxylic acids is 1. The van der Waals surface area contributed by atoms with Crippen LogP contribution >= 0.6 is 0 Å². The highest BCUT2D eigenvalue weighted by molar-refractivity contribution is 5.92. The molecule has 0 radical (unpaired) electrons. The number of nitrogens with one attached hydrogen (secondary N) is 3. The summed E-state index contributed by atoms with van der Waals surface area (Å²) in [7, 11) is 0. The second-order valence-electron chi connectivity index (χ2n) is 4.99. The Bertz CT molecular complexity index is 818. The second kappa shape index (κ2) is 6.86. The van der Waals surface area contributed by atoms with E-state index in [0.29, 0.717) is 17.3 Å². The molecule has 1 unspecified atom stereocenters. The quantitative estimate of drug-likeness (QED) is 0.622. The van der Waals surface area contributed by atoms with Gasteiger partial charge < -0.3 is 10.1 Å². The summed E-state index contributed by atoms with van der Waals surface area (Å²) in [5.41, 5.74) is 0.778. The van der Waals surface area contributed by atoms with Crippen molar-refractivity contribution in [3.05, 3.63) is 53.4 Å². The summed E-state index contributed by atoms with van der Waals surface area (Å²) in [6.45, 7) is 1.85. The zero-order valence-electron chi connectivity index (χ0n) is 12.7. The monoisotopic (exact) mass is 331 g/mol. The highest BCUT2D eigenvalue weighted by Crippen LogP contribution is 2.14. The molecule has 3 rings (SSSR count). The predicted octanol–water partition coefficient (Wildman–Crippen LogP) is 1.13. The molecule has 0 aliphatic heterocycles. The standard InChI is InChI=1S/C14H14FN7O2/c1-8(13-19-21-22-20-13)16-14(23)12-6-10(17-18-12)7-24-11-4-2-3-9(15)5-11/h2-6,8H,7H2,1H3,(H,16,23)(H,17,18)(H,19,20,21,22). The number of halogens is 1. The Labute approximate surface area is 135 Å². The molecule has 24 heavy (non-hydrogen) atoms. The van der Waals surface area contributed by atoms with Gasteiger partial charge in [0.25, 0.3) is 5.91 Å². The number of aromatic nitrogens is 6. The van der Waals surface area contributed by atoms with Gasteiger partial charge >= 0.3 is 0 Å².